The highest BCUT2D eigenvalue weighted by Gasteiger charge is 2.23. The Labute approximate surface area is 71.6 Å². The van der Waals surface area contributed by atoms with Crippen molar-refractivity contribution in [2.24, 2.45) is 0 Å². The molecule has 0 spiro atoms. The smallest absolute Gasteiger partial charge is 0.105 e. The zero-order valence-corrected chi connectivity index (χ0v) is 7.44. The SMILES string of the molecule is C1COC(SC2CCCO2)C1. The minimum Gasteiger partial charge on any atom is -0.368 e. The number of hydrogen-bond acceptors (Lipinski definition) is 3. The van der Waals surface area contributed by atoms with Crippen LogP contribution in [0.4, 0.5) is 0 Å². The third-order valence-electron chi connectivity index (χ3n) is 2.08. The molecule has 0 aromatic carbocycles. The summed E-state index contributed by atoms with van der Waals surface area (Å²) >= 11 is 1.87. The van der Waals surface area contributed by atoms with E-state index in [-0.39, 0.29) is 0 Å². The van der Waals surface area contributed by atoms with Crippen LogP contribution in [0, 0.1) is 0 Å². The van der Waals surface area contributed by atoms with E-state index in [2.05, 4.69) is 0 Å². The van der Waals surface area contributed by atoms with Crippen LogP contribution in [0.15, 0.2) is 0 Å². The second-order valence-electron chi connectivity index (χ2n) is 3.02. The van der Waals surface area contributed by atoms with Crippen molar-refractivity contribution in [3.63, 3.8) is 0 Å². The van der Waals surface area contributed by atoms with Gasteiger partial charge >= 0.3 is 0 Å². The molecule has 0 bridgehead atoms. The highest BCUT2D eigenvalue weighted by Crippen LogP contribution is 2.32. The molecule has 2 aliphatic rings. The summed E-state index contributed by atoms with van der Waals surface area (Å²) in [6, 6.07) is 0. The molecular formula is C8H14O2S. The summed E-state index contributed by atoms with van der Waals surface area (Å²) in [5, 5.41) is 0. The molecule has 64 valence electrons. The van der Waals surface area contributed by atoms with Crippen molar-refractivity contribution in [2.75, 3.05) is 13.2 Å². The third kappa shape index (κ3) is 2.10. The lowest BCUT2D eigenvalue weighted by Gasteiger charge is -2.13. The predicted molar refractivity (Wildman–Crippen MR) is 45.5 cm³/mol. The van der Waals surface area contributed by atoms with E-state index in [1.165, 1.54) is 25.7 Å². The Morgan fingerprint density at radius 3 is 1.82 bits per heavy atom. The van der Waals surface area contributed by atoms with E-state index in [0.29, 0.717) is 10.9 Å². The van der Waals surface area contributed by atoms with E-state index in [0.717, 1.165) is 13.2 Å². The van der Waals surface area contributed by atoms with Crippen LogP contribution in [0.25, 0.3) is 0 Å². The second-order valence-corrected chi connectivity index (χ2v) is 4.34. The Hall–Kier alpha value is 0.270. The quantitative estimate of drug-likeness (QED) is 0.638. The minimum absolute atomic E-state index is 0.429. The maximum atomic E-state index is 5.50. The van der Waals surface area contributed by atoms with E-state index < -0.39 is 0 Å². The van der Waals surface area contributed by atoms with E-state index in [9.17, 15) is 0 Å². The molecule has 2 nitrogen and oxygen atoms in total. The van der Waals surface area contributed by atoms with Crippen molar-refractivity contribution in [3.8, 4) is 0 Å². The molecule has 2 unspecified atom stereocenters. The number of thioether (sulfide) groups is 1. The molecule has 0 aromatic rings. The molecule has 2 atom stereocenters. The van der Waals surface area contributed by atoms with Gasteiger partial charge in [0.25, 0.3) is 0 Å². The lowest BCUT2D eigenvalue weighted by Crippen LogP contribution is -2.07. The maximum Gasteiger partial charge on any atom is 0.105 e. The van der Waals surface area contributed by atoms with Gasteiger partial charge in [0.2, 0.25) is 0 Å². The molecule has 11 heavy (non-hydrogen) atoms. The molecule has 3 heteroatoms. The van der Waals surface area contributed by atoms with Gasteiger partial charge in [-0.3, -0.25) is 0 Å². The summed E-state index contributed by atoms with van der Waals surface area (Å²) in [5.41, 5.74) is 0.858. The van der Waals surface area contributed by atoms with Crippen LogP contribution in [-0.4, -0.2) is 24.1 Å². The standard InChI is InChI=1S/C8H14O2S/c1-3-7(9-5-1)11-8-4-2-6-10-8/h7-8H,1-6H2. The van der Waals surface area contributed by atoms with Gasteiger partial charge in [0.1, 0.15) is 10.9 Å². The fourth-order valence-corrected chi connectivity index (χ4v) is 2.77. The van der Waals surface area contributed by atoms with Crippen molar-refractivity contribution >= 4 is 11.8 Å². The average molecular weight is 174 g/mol. The lowest BCUT2D eigenvalue weighted by molar-refractivity contribution is 0.153. The van der Waals surface area contributed by atoms with E-state index in [1.807, 2.05) is 11.8 Å². The normalized spacial score (nSPS) is 38.2. The van der Waals surface area contributed by atoms with Crippen LogP contribution in [0.2, 0.25) is 0 Å². The first-order valence-electron chi connectivity index (χ1n) is 4.34. The van der Waals surface area contributed by atoms with Gasteiger partial charge in [0.05, 0.1) is 0 Å². The zero-order valence-electron chi connectivity index (χ0n) is 6.62. The van der Waals surface area contributed by atoms with Crippen LogP contribution in [0.5, 0.6) is 0 Å². The fourth-order valence-electron chi connectivity index (χ4n) is 1.48. The van der Waals surface area contributed by atoms with Crippen molar-refractivity contribution in [2.45, 2.75) is 36.6 Å². The molecule has 0 saturated carbocycles. The first kappa shape index (κ1) is 7.90. The highest BCUT2D eigenvalue weighted by molar-refractivity contribution is 8.00. The Bertz CT molecular complexity index is 103. The first-order chi connectivity index (χ1) is 5.45. The Morgan fingerprint density at radius 2 is 1.45 bits per heavy atom. The van der Waals surface area contributed by atoms with Crippen LogP contribution in [0.1, 0.15) is 25.7 Å². The summed E-state index contributed by atoms with van der Waals surface area (Å²) in [6.07, 6.45) is 4.88. The molecule has 0 amide bonds. The Balaban J connectivity index is 1.71. The molecule has 2 rings (SSSR count). The molecule has 0 N–H and O–H groups in total. The van der Waals surface area contributed by atoms with Crippen molar-refractivity contribution < 1.29 is 9.47 Å². The number of rotatable bonds is 2. The van der Waals surface area contributed by atoms with Crippen LogP contribution < -0.4 is 0 Å². The van der Waals surface area contributed by atoms with Crippen molar-refractivity contribution in [1.82, 2.24) is 0 Å². The fraction of sp³-hybridized carbons (Fsp3) is 1.00. The van der Waals surface area contributed by atoms with Gasteiger partial charge in [0, 0.05) is 13.2 Å². The minimum atomic E-state index is 0.429. The van der Waals surface area contributed by atoms with Crippen LogP contribution in [-0.2, 0) is 9.47 Å². The van der Waals surface area contributed by atoms with Gasteiger partial charge in [-0.25, -0.2) is 0 Å². The highest BCUT2D eigenvalue weighted by atomic mass is 32.2. The zero-order chi connectivity index (χ0) is 7.52. The summed E-state index contributed by atoms with van der Waals surface area (Å²) in [4.78, 5) is 0. The first-order valence-corrected chi connectivity index (χ1v) is 5.28. The summed E-state index contributed by atoms with van der Waals surface area (Å²) in [7, 11) is 0. The van der Waals surface area contributed by atoms with Crippen molar-refractivity contribution in [1.29, 1.82) is 0 Å². The van der Waals surface area contributed by atoms with E-state index in [4.69, 9.17) is 9.47 Å². The monoisotopic (exact) mass is 174 g/mol. The van der Waals surface area contributed by atoms with Crippen LogP contribution in [0.3, 0.4) is 0 Å². The van der Waals surface area contributed by atoms with Gasteiger partial charge in [-0.15, -0.1) is 0 Å². The molecule has 2 heterocycles. The molecule has 0 aromatic heterocycles. The molecule has 2 saturated heterocycles. The summed E-state index contributed by atoms with van der Waals surface area (Å²) in [6.45, 7) is 1.90. The molecule has 0 aliphatic carbocycles. The van der Waals surface area contributed by atoms with Gasteiger partial charge in [-0.05, 0) is 25.7 Å². The van der Waals surface area contributed by atoms with Gasteiger partial charge in [0.15, 0.2) is 0 Å². The number of ether oxygens (including phenoxy) is 2. The average Bonchev–Trinajstić information content (AvgIpc) is 2.60. The molecular weight excluding hydrogens is 160 g/mol. The van der Waals surface area contributed by atoms with Gasteiger partial charge in [-0.2, -0.15) is 0 Å². The maximum absolute atomic E-state index is 5.50. The van der Waals surface area contributed by atoms with Crippen LogP contribution >= 0.6 is 11.8 Å². The van der Waals surface area contributed by atoms with Crippen molar-refractivity contribution in [3.05, 3.63) is 0 Å². The molecule has 2 fully saturated rings. The van der Waals surface area contributed by atoms with Gasteiger partial charge in [-0.1, -0.05) is 11.8 Å². The Kier molecular flexibility index (Phi) is 2.72. The third-order valence-corrected chi connectivity index (χ3v) is 3.43. The van der Waals surface area contributed by atoms with E-state index >= 15 is 0 Å². The lowest BCUT2D eigenvalue weighted by atomic mass is 10.4. The molecule has 0 radical (unpaired) electrons. The van der Waals surface area contributed by atoms with E-state index in [1.54, 1.807) is 0 Å². The second kappa shape index (κ2) is 3.78. The summed E-state index contributed by atoms with van der Waals surface area (Å²) < 4.78 is 11.0. The largest absolute Gasteiger partial charge is 0.368 e. The van der Waals surface area contributed by atoms with Gasteiger partial charge < -0.3 is 9.47 Å². The summed E-state index contributed by atoms with van der Waals surface area (Å²) in [5.74, 6) is 0. The Morgan fingerprint density at radius 1 is 0.909 bits per heavy atom. The molecule has 2 aliphatic heterocycles. The predicted octanol–water partition coefficient (Wildman–Crippen LogP) is 1.99. The number of hydrogen-bond donors (Lipinski definition) is 0. The topological polar surface area (TPSA) is 18.5 Å².